The monoisotopic (exact) mass is 219 g/mol. The third-order valence-electron chi connectivity index (χ3n) is 3.45. The molecule has 0 bridgehead atoms. The quantitative estimate of drug-likeness (QED) is 0.830. The number of nitrogens with zero attached hydrogens (tertiary/aromatic N) is 1. The highest BCUT2D eigenvalue weighted by atomic mass is 16.4. The number of rotatable bonds is 2. The van der Waals surface area contributed by atoms with Crippen LogP contribution in [-0.2, 0) is 0 Å². The van der Waals surface area contributed by atoms with E-state index in [0.717, 1.165) is 18.8 Å². The van der Waals surface area contributed by atoms with Gasteiger partial charge >= 0.3 is 5.97 Å². The maximum Gasteiger partial charge on any atom is 0.335 e. The Hall–Kier alpha value is -1.51. The molecule has 0 radical (unpaired) electrons. The second-order valence-corrected chi connectivity index (χ2v) is 4.72. The molecule has 0 amide bonds. The zero-order valence-corrected chi connectivity index (χ0v) is 9.68. The van der Waals surface area contributed by atoms with Gasteiger partial charge in [-0.1, -0.05) is 19.9 Å². The average molecular weight is 219 g/mol. The molecule has 2 unspecified atom stereocenters. The Morgan fingerprint density at radius 1 is 1.31 bits per heavy atom. The van der Waals surface area contributed by atoms with Crippen molar-refractivity contribution in [2.24, 2.45) is 11.8 Å². The Balaban J connectivity index is 2.21. The van der Waals surface area contributed by atoms with Gasteiger partial charge in [0.15, 0.2) is 0 Å². The van der Waals surface area contributed by atoms with E-state index in [-0.39, 0.29) is 0 Å². The summed E-state index contributed by atoms with van der Waals surface area (Å²) in [6.07, 6.45) is 0. The minimum Gasteiger partial charge on any atom is -0.478 e. The maximum absolute atomic E-state index is 10.9. The van der Waals surface area contributed by atoms with Gasteiger partial charge in [-0.25, -0.2) is 4.79 Å². The summed E-state index contributed by atoms with van der Waals surface area (Å²) in [5.41, 5.74) is 1.39. The van der Waals surface area contributed by atoms with Crippen LogP contribution in [-0.4, -0.2) is 24.2 Å². The minimum absolute atomic E-state index is 0.365. The van der Waals surface area contributed by atoms with E-state index in [9.17, 15) is 4.79 Å². The highest BCUT2D eigenvalue weighted by Gasteiger charge is 2.26. The van der Waals surface area contributed by atoms with Gasteiger partial charge in [-0.3, -0.25) is 0 Å². The molecule has 3 heteroatoms. The molecule has 86 valence electrons. The van der Waals surface area contributed by atoms with E-state index in [2.05, 4.69) is 18.7 Å². The van der Waals surface area contributed by atoms with Crippen LogP contribution < -0.4 is 4.90 Å². The lowest BCUT2D eigenvalue weighted by Gasteiger charge is -2.18. The van der Waals surface area contributed by atoms with Crippen LogP contribution in [0.15, 0.2) is 24.3 Å². The van der Waals surface area contributed by atoms with Gasteiger partial charge < -0.3 is 10.0 Å². The third-order valence-corrected chi connectivity index (χ3v) is 3.45. The number of carboxylic acids is 1. The summed E-state index contributed by atoms with van der Waals surface area (Å²) in [4.78, 5) is 13.1. The molecule has 2 rings (SSSR count). The summed E-state index contributed by atoms with van der Waals surface area (Å²) in [7, 11) is 0. The molecule has 1 N–H and O–H groups in total. The number of benzene rings is 1. The first-order valence-corrected chi connectivity index (χ1v) is 5.66. The standard InChI is InChI=1S/C13H17NO2/c1-9-7-14(8-10(9)2)12-5-3-4-11(6-12)13(15)16/h3-6,9-10H,7-8H2,1-2H3,(H,15,16). The van der Waals surface area contributed by atoms with E-state index in [1.54, 1.807) is 12.1 Å². The third kappa shape index (κ3) is 2.03. The van der Waals surface area contributed by atoms with E-state index in [4.69, 9.17) is 5.11 Å². The summed E-state index contributed by atoms with van der Waals surface area (Å²) in [6.45, 7) is 6.52. The second-order valence-electron chi connectivity index (χ2n) is 4.72. The van der Waals surface area contributed by atoms with Crippen molar-refractivity contribution in [1.29, 1.82) is 0 Å². The van der Waals surface area contributed by atoms with Crippen molar-refractivity contribution in [3.05, 3.63) is 29.8 Å². The SMILES string of the molecule is CC1CN(c2cccc(C(=O)O)c2)CC1C. The number of anilines is 1. The molecule has 2 atom stereocenters. The first-order chi connectivity index (χ1) is 7.58. The van der Waals surface area contributed by atoms with Gasteiger partial charge in [0, 0.05) is 18.8 Å². The van der Waals surface area contributed by atoms with Crippen molar-refractivity contribution >= 4 is 11.7 Å². The fourth-order valence-electron chi connectivity index (χ4n) is 2.18. The van der Waals surface area contributed by atoms with Crippen LogP contribution in [0.5, 0.6) is 0 Å². The Morgan fingerprint density at radius 2 is 1.94 bits per heavy atom. The smallest absolute Gasteiger partial charge is 0.335 e. The maximum atomic E-state index is 10.9. The van der Waals surface area contributed by atoms with E-state index >= 15 is 0 Å². The van der Waals surface area contributed by atoms with Gasteiger partial charge in [0.2, 0.25) is 0 Å². The molecule has 1 aromatic rings. The van der Waals surface area contributed by atoms with Gasteiger partial charge in [-0.15, -0.1) is 0 Å². The number of carbonyl (C=O) groups is 1. The number of hydrogen-bond acceptors (Lipinski definition) is 2. The summed E-state index contributed by atoms with van der Waals surface area (Å²) in [5.74, 6) is 0.490. The van der Waals surface area contributed by atoms with Gasteiger partial charge in [0.05, 0.1) is 5.56 Å². The predicted octanol–water partition coefficient (Wildman–Crippen LogP) is 2.48. The van der Waals surface area contributed by atoms with E-state index in [1.165, 1.54) is 0 Å². The van der Waals surface area contributed by atoms with Crippen LogP contribution in [0.3, 0.4) is 0 Å². The van der Waals surface area contributed by atoms with Crippen molar-refractivity contribution in [2.45, 2.75) is 13.8 Å². The van der Waals surface area contributed by atoms with Crippen molar-refractivity contribution in [3.63, 3.8) is 0 Å². The zero-order chi connectivity index (χ0) is 11.7. The molecule has 1 aliphatic heterocycles. The van der Waals surface area contributed by atoms with Crippen LogP contribution in [0.4, 0.5) is 5.69 Å². The molecule has 1 aliphatic rings. The lowest BCUT2D eigenvalue weighted by molar-refractivity contribution is 0.0697. The molecule has 1 heterocycles. The van der Waals surface area contributed by atoms with Crippen LogP contribution in [0.25, 0.3) is 0 Å². The van der Waals surface area contributed by atoms with Crippen LogP contribution in [0.1, 0.15) is 24.2 Å². The first-order valence-electron chi connectivity index (χ1n) is 5.66. The summed E-state index contributed by atoms with van der Waals surface area (Å²) in [6, 6.07) is 7.19. The van der Waals surface area contributed by atoms with Crippen molar-refractivity contribution in [2.75, 3.05) is 18.0 Å². The Bertz CT molecular complexity index is 393. The average Bonchev–Trinajstić information content (AvgIpc) is 2.59. The van der Waals surface area contributed by atoms with Crippen molar-refractivity contribution in [3.8, 4) is 0 Å². The zero-order valence-electron chi connectivity index (χ0n) is 9.68. The first kappa shape index (κ1) is 11.0. The Kier molecular flexibility index (Phi) is 2.86. The molecule has 3 nitrogen and oxygen atoms in total. The summed E-state index contributed by atoms with van der Waals surface area (Å²) < 4.78 is 0. The highest BCUT2D eigenvalue weighted by molar-refractivity contribution is 5.88. The van der Waals surface area contributed by atoms with Gasteiger partial charge in [-0.05, 0) is 30.0 Å². The second kappa shape index (κ2) is 4.16. The fraction of sp³-hybridized carbons (Fsp3) is 0.462. The normalized spacial score (nSPS) is 24.8. The lowest BCUT2D eigenvalue weighted by atomic mass is 10.0. The van der Waals surface area contributed by atoms with Crippen LogP contribution in [0, 0.1) is 11.8 Å². The molecule has 0 saturated carbocycles. The molecule has 16 heavy (non-hydrogen) atoms. The number of hydrogen-bond donors (Lipinski definition) is 1. The minimum atomic E-state index is -0.859. The van der Waals surface area contributed by atoms with E-state index < -0.39 is 5.97 Å². The largest absolute Gasteiger partial charge is 0.478 e. The van der Waals surface area contributed by atoms with Gasteiger partial charge in [-0.2, -0.15) is 0 Å². The fourth-order valence-corrected chi connectivity index (χ4v) is 2.18. The molecule has 0 aromatic heterocycles. The molecular formula is C13H17NO2. The molecule has 1 fully saturated rings. The highest BCUT2D eigenvalue weighted by Crippen LogP contribution is 2.28. The molecule has 0 spiro atoms. The Morgan fingerprint density at radius 3 is 2.50 bits per heavy atom. The molecule has 1 aromatic carbocycles. The number of carboxylic acid groups (broad SMARTS) is 1. The van der Waals surface area contributed by atoms with Gasteiger partial charge in [0.25, 0.3) is 0 Å². The summed E-state index contributed by atoms with van der Waals surface area (Å²) >= 11 is 0. The summed E-state index contributed by atoms with van der Waals surface area (Å²) in [5, 5.41) is 8.94. The number of aromatic carboxylic acids is 1. The van der Waals surface area contributed by atoms with Gasteiger partial charge in [0.1, 0.15) is 0 Å². The Labute approximate surface area is 95.7 Å². The molecule has 0 aliphatic carbocycles. The molecular weight excluding hydrogens is 202 g/mol. The van der Waals surface area contributed by atoms with Crippen LogP contribution in [0.2, 0.25) is 0 Å². The van der Waals surface area contributed by atoms with E-state index in [1.807, 2.05) is 12.1 Å². The van der Waals surface area contributed by atoms with Crippen molar-refractivity contribution < 1.29 is 9.90 Å². The lowest BCUT2D eigenvalue weighted by Crippen LogP contribution is -2.19. The molecule has 1 saturated heterocycles. The predicted molar refractivity (Wildman–Crippen MR) is 63.9 cm³/mol. The van der Waals surface area contributed by atoms with E-state index in [0.29, 0.717) is 17.4 Å². The van der Waals surface area contributed by atoms with Crippen LogP contribution >= 0.6 is 0 Å². The topological polar surface area (TPSA) is 40.5 Å². The van der Waals surface area contributed by atoms with Crippen molar-refractivity contribution in [1.82, 2.24) is 0 Å².